The van der Waals surface area contributed by atoms with E-state index in [1.54, 1.807) is 40.1 Å². The SMILES string of the molecule is CN(C)C(=O)OC(C)(C(=O)N[C@H](c1ncc(-c2ccc(-c3ccc(-c4cnc([C@@H](NC(=O)C(C)(OC(=O)N(C)C)C(C)(C)CF)C(C)(C)C)[nH]4)cc3)cc2)[nH]1)C(C)(C)C)C(C)(C)CF. The van der Waals surface area contributed by atoms with Crippen LogP contribution in [0.15, 0.2) is 60.9 Å². The summed E-state index contributed by atoms with van der Waals surface area (Å²) in [6.07, 6.45) is 1.86. The highest BCUT2D eigenvalue weighted by Crippen LogP contribution is 2.41. The van der Waals surface area contributed by atoms with Crippen molar-refractivity contribution in [2.24, 2.45) is 21.7 Å². The van der Waals surface area contributed by atoms with Crippen molar-refractivity contribution in [2.75, 3.05) is 41.5 Å². The molecule has 0 radical (unpaired) electrons. The number of carbonyl (C=O) groups is 4. The first-order chi connectivity index (χ1) is 29.4. The van der Waals surface area contributed by atoms with Gasteiger partial charge >= 0.3 is 12.2 Å². The average molecular weight is 891 g/mol. The number of nitrogens with zero attached hydrogens (tertiary/aromatic N) is 4. The van der Waals surface area contributed by atoms with Gasteiger partial charge in [0, 0.05) is 39.0 Å². The number of H-pyrrole nitrogens is 2. The number of amides is 4. The Kier molecular flexibility index (Phi) is 14.9. The average Bonchev–Trinajstić information content (AvgIpc) is 3.91. The van der Waals surface area contributed by atoms with Crippen LogP contribution in [-0.2, 0) is 19.1 Å². The number of imidazole rings is 2. The van der Waals surface area contributed by atoms with Crippen molar-refractivity contribution >= 4 is 24.0 Å². The first-order valence-electron chi connectivity index (χ1n) is 21.3. The van der Waals surface area contributed by atoms with Gasteiger partial charge in [0.05, 0.1) is 49.2 Å². The van der Waals surface area contributed by atoms with E-state index in [1.807, 2.05) is 90.1 Å². The van der Waals surface area contributed by atoms with Crippen LogP contribution in [0.4, 0.5) is 18.4 Å². The highest BCUT2D eigenvalue weighted by atomic mass is 19.1. The second kappa shape index (κ2) is 18.7. The standard InChI is InChI=1S/C48H68F2N8O6/c1-43(2,3)35(55-39(59)47(11,45(7,8)27-49)63-41(61)57(13)14)37-51-25-33(53-37)31-21-17-29(18-22-31)30-19-23-32(24-20-30)34-26-52-38(54-34)36(44(4,5)6)56-40(60)48(12,46(9,10)28-50)64-42(62)58(15)16/h17-26,35-36H,27-28H2,1-16H3,(H,51,53)(H,52,54)(H,55,59)(H,56,60)/t35-,36-,47?,48?/m1/s1. The molecular weight excluding hydrogens is 823 g/mol. The Morgan fingerprint density at radius 2 is 0.828 bits per heavy atom. The second-order valence-corrected chi connectivity index (χ2v) is 20.7. The van der Waals surface area contributed by atoms with Gasteiger partial charge in [0.1, 0.15) is 11.6 Å². The normalized spacial score (nSPS) is 15.2. The number of carbonyl (C=O) groups excluding carboxylic acids is 4. The lowest BCUT2D eigenvalue weighted by Crippen LogP contribution is -2.60. The molecule has 0 aliphatic heterocycles. The fourth-order valence-corrected chi connectivity index (χ4v) is 6.64. The minimum Gasteiger partial charge on any atom is -0.432 e. The molecule has 2 unspecified atom stereocenters. The van der Waals surface area contributed by atoms with Gasteiger partial charge in [-0.2, -0.15) is 0 Å². The van der Waals surface area contributed by atoms with Gasteiger partial charge in [-0.25, -0.2) is 19.6 Å². The second-order valence-electron chi connectivity index (χ2n) is 20.7. The highest BCUT2D eigenvalue weighted by Gasteiger charge is 2.54. The van der Waals surface area contributed by atoms with E-state index in [-0.39, 0.29) is 0 Å². The van der Waals surface area contributed by atoms with Gasteiger partial charge in [0.15, 0.2) is 11.2 Å². The van der Waals surface area contributed by atoms with Crippen LogP contribution in [-0.4, -0.2) is 106 Å². The summed E-state index contributed by atoms with van der Waals surface area (Å²) < 4.78 is 40.0. The maximum Gasteiger partial charge on any atom is 0.410 e. The molecule has 0 fully saturated rings. The van der Waals surface area contributed by atoms with Crippen molar-refractivity contribution in [3.63, 3.8) is 0 Å². The fourth-order valence-electron chi connectivity index (χ4n) is 6.64. The van der Waals surface area contributed by atoms with Gasteiger partial charge in [-0.1, -0.05) is 118 Å². The molecular formula is C48H68F2N8O6. The van der Waals surface area contributed by atoms with Crippen LogP contribution in [0, 0.1) is 21.7 Å². The molecule has 0 spiro atoms. The number of aromatic amines is 2. The smallest absolute Gasteiger partial charge is 0.410 e. The number of aromatic nitrogens is 4. The fraction of sp³-hybridized carbons (Fsp3) is 0.542. The summed E-state index contributed by atoms with van der Waals surface area (Å²) in [4.78, 5) is 71.6. The van der Waals surface area contributed by atoms with Crippen LogP contribution >= 0.6 is 0 Å². The van der Waals surface area contributed by atoms with Gasteiger partial charge < -0.3 is 39.9 Å². The molecule has 4 atom stereocenters. The molecule has 0 aliphatic carbocycles. The van der Waals surface area contributed by atoms with Crippen molar-refractivity contribution in [1.29, 1.82) is 0 Å². The minimum atomic E-state index is -1.84. The zero-order valence-corrected chi connectivity index (χ0v) is 40.3. The van der Waals surface area contributed by atoms with Crippen molar-refractivity contribution in [1.82, 2.24) is 40.4 Å². The van der Waals surface area contributed by atoms with Crippen LogP contribution in [0.3, 0.4) is 0 Å². The number of ether oxygens (including phenoxy) is 2. The molecule has 2 heterocycles. The van der Waals surface area contributed by atoms with Gasteiger partial charge in [-0.15, -0.1) is 0 Å². The Hall–Kier alpha value is -5.80. The van der Waals surface area contributed by atoms with Crippen molar-refractivity contribution < 1.29 is 37.4 Å². The largest absolute Gasteiger partial charge is 0.432 e. The highest BCUT2D eigenvalue weighted by molar-refractivity contribution is 5.89. The van der Waals surface area contributed by atoms with Crippen LogP contribution in [0.1, 0.15) is 107 Å². The number of benzene rings is 2. The van der Waals surface area contributed by atoms with Crippen molar-refractivity contribution in [3.8, 4) is 33.6 Å². The van der Waals surface area contributed by atoms with Gasteiger partial charge in [0.25, 0.3) is 11.8 Å². The summed E-state index contributed by atoms with van der Waals surface area (Å²) >= 11 is 0. The molecule has 4 N–H and O–H groups in total. The molecule has 14 nitrogen and oxygen atoms in total. The molecule has 0 saturated heterocycles. The first kappa shape index (κ1) is 50.8. The molecule has 4 aromatic rings. The third-order valence-corrected chi connectivity index (χ3v) is 12.2. The lowest BCUT2D eigenvalue weighted by molar-refractivity contribution is -0.156. The Morgan fingerprint density at radius 1 is 0.547 bits per heavy atom. The topological polar surface area (TPSA) is 175 Å². The Labute approximate surface area is 376 Å². The quantitative estimate of drug-likeness (QED) is 0.0913. The number of nitrogens with one attached hydrogen (secondary N) is 4. The van der Waals surface area contributed by atoms with E-state index in [4.69, 9.17) is 9.47 Å². The third-order valence-electron chi connectivity index (χ3n) is 12.2. The molecule has 4 amide bonds. The van der Waals surface area contributed by atoms with E-state index in [9.17, 15) is 28.0 Å². The first-order valence-corrected chi connectivity index (χ1v) is 21.3. The van der Waals surface area contributed by atoms with E-state index in [0.717, 1.165) is 33.6 Å². The van der Waals surface area contributed by atoms with Crippen LogP contribution in [0.25, 0.3) is 33.6 Å². The monoisotopic (exact) mass is 891 g/mol. The van der Waals surface area contributed by atoms with Gasteiger partial charge in [-0.3, -0.25) is 18.4 Å². The van der Waals surface area contributed by atoms with E-state index in [2.05, 4.69) is 30.6 Å². The predicted molar refractivity (Wildman–Crippen MR) is 244 cm³/mol. The Bertz CT molecular complexity index is 2110. The van der Waals surface area contributed by atoms with Crippen LogP contribution in [0.5, 0.6) is 0 Å². The van der Waals surface area contributed by atoms with Gasteiger partial charge in [-0.05, 0) is 46.9 Å². The number of halogens is 2. The number of rotatable bonds is 15. The van der Waals surface area contributed by atoms with E-state index >= 15 is 0 Å². The van der Waals surface area contributed by atoms with Crippen molar-refractivity contribution in [3.05, 3.63) is 72.6 Å². The molecule has 4 rings (SSSR count). The van der Waals surface area contributed by atoms with E-state index in [0.29, 0.717) is 11.6 Å². The summed E-state index contributed by atoms with van der Waals surface area (Å²) in [7, 11) is 5.98. The molecule has 16 heteroatoms. The van der Waals surface area contributed by atoms with Crippen LogP contribution in [0.2, 0.25) is 0 Å². The summed E-state index contributed by atoms with van der Waals surface area (Å²) in [5, 5.41) is 6.01. The number of alkyl halides is 2. The zero-order chi connectivity index (χ0) is 48.4. The Morgan fingerprint density at radius 3 is 1.08 bits per heavy atom. The summed E-state index contributed by atoms with van der Waals surface area (Å²) in [6.45, 7) is 18.9. The van der Waals surface area contributed by atoms with Crippen LogP contribution < -0.4 is 10.6 Å². The predicted octanol–water partition coefficient (Wildman–Crippen LogP) is 9.45. The lowest BCUT2D eigenvalue weighted by atomic mass is 9.75. The van der Waals surface area contributed by atoms with Crippen molar-refractivity contribution in [2.45, 2.75) is 106 Å². The molecule has 0 bridgehead atoms. The lowest BCUT2D eigenvalue weighted by Gasteiger charge is -2.42. The molecule has 0 saturated carbocycles. The summed E-state index contributed by atoms with van der Waals surface area (Å²) in [6, 6.07) is 14.5. The maximum atomic E-state index is 14.3. The number of hydrogen-bond acceptors (Lipinski definition) is 8. The van der Waals surface area contributed by atoms with E-state index < -0.39 is 82.3 Å². The van der Waals surface area contributed by atoms with E-state index in [1.165, 1.54) is 51.8 Å². The third kappa shape index (κ3) is 10.8. The molecule has 350 valence electrons. The maximum absolute atomic E-state index is 14.3. The summed E-state index contributed by atoms with van der Waals surface area (Å²) in [5.41, 5.74) is -2.36. The molecule has 0 aliphatic rings. The van der Waals surface area contributed by atoms with Gasteiger partial charge in [0.2, 0.25) is 0 Å². The number of hydrogen-bond donors (Lipinski definition) is 4. The Balaban J connectivity index is 1.54. The molecule has 2 aromatic heterocycles. The molecule has 64 heavy (non-hydrogen) atoms. The molecule has 2 aromatic carbocycles. The minimum absolute atomic E-state index is 0.484. The zero-order valence-electron chi connectivity index (χ0n) is 40.3. The summed E-state index contributed by atoms with van der Waals surface area (Å²) in [5.74, 6) is -0.321.